The number of halogens is 5. The van der Waals surface area contributed by atoms with Crippen molar-refractivity contribution in [1.29, 1.82) is 0 Å². The average Bonchev–Trinajstić information content (AvgIpc) is 3.95. The van der Waals surface area contributed by atoms with Gasteiger partial charge < -0.3 is 72.0 Å². The van der Waals surface area contributed by atoms with Crippen molar-refractivity contribution in [1.82, 2.24) is 38.7 Å². The number of hydrogen-bond acceptors (Lipinski definition) is 2. The standard InChI is InChI=1S/C40H42N12.5ClH.Mn/c1-45-17-25(18-46(45)2)37-29-9-11-31(41-29)38(26-19-47(3)48(4)20-26)33-13-15-35(43-33)40(28-23-51(7)52(8)24-28)36-16-14-34(44-36)39(32-12-10-30(37)42-32)27-21-49(5)50(6)22-27;;;;;;/h9-24,41,44H,1-8H3;5*1H;/q+4;;;;;;/p-5. The summed E-state index contributed by atoms with van der Waals surface area (Å²) in [5, 5.41) is 0. The summed E-state index contributed by atoms with van der Waals surface area (Å²) in [5.41, 5.74) is 15.8. The van der Waals surface area contributed by atoms with Crippen LogP contribution in [0.3, 0.4) is 0 Å². The molecule has 9 rings (SSSR count). The fraction of sp³-hybridized carbons (Fsp3) is 0.200. The number of fused-ring (bicyclic) bond motifs is 8. The van der Waals surface area contributed by atoms with Crippen molar-refractivity contribution in [3.05, 3.63) is 96.6 Å². The van der Waals surface area contributed by atoms with Gasteiger partial charge in [0, 0.05) is 61.4 Å². The van der Waals surface area contributed by atoms with E-state index in [1.807, 2.05) is 56.4 Å². The van der Waals surface area contributed by atoms with Gasteiger partial charge in [-0.05, 0) is 48.6 Å². The number of rotatable bonds is 4. The zero-order chi connectivity index (χ0) is 36.0. The van der Waals surface area contributed by atoms with Crippen LogP contribution in [-0.2, 0) is 73.5 Å². The van der Waals surface area contributed by atoms with Crippen molar-refractivity contribution < 1.29 is 97.8 Å². The fourth-order valence-corrected chi connectivity index (χ4v) is 7.41. The van der Waals surface area contributed by atoms with E-state index in [-0.39, 0.29) is 79.1 Å². The molecule has 2 aliphatic heterocycles. The van der Waals surface area contributed by atoms with Crippen LogP contribution in [0.2, 0.25) is 0 Å². The molecule has 0 amide bonds. The van der Waals surface area contributed by atoms with Crippen molar-refractivity contribution in [2.24, 2.45) is 56.4 Å². The Morgan fingerprint density at radius 1 is 0.397 bits per heavy atom. The molecule has 0 unspecified atom stereocenters. The van der Waals surface area contributed by atoms with Crippen molar-refractivity contribution in [2.75, 3.05) is 0 Å². The van der Waals surface area contributed by atoms with E-state index >= 15 is 0 Å². The summed E-state index contributed by atoms with van der Waals surface area (Å²) in [6.07, 6.45) is 25.7. The second-order valence-corrected chi connectivity index (χ2v) is 13.9. The molecule has 12 nitrogen and oxygen atoms in total. The van der Waals surface area contributed by atoms with Gasteiger partial charge in [0.2, 0.25) is 24.8 Å². The Morgan fingerprint density at radius 3 is 0.776 bits per heavy atom. The maximum atomic E-state index is 5.41. The summed E-state index contributed by atoms with van der Waals surface area (Å²) < 4.78 is 16.6. The minimum atomic E-state index is 0. The van der Waals surface area contributed by atoms with E-state index in [0.717, 1.165) is 89.4 Å². The first kappa shape index (κ1) is 47.8. The summed E-state index contributed by atoms with van der Waals surface area (Å²) in [4.78, 5) is 18.5. The molecule has 0 aliphatic carbocycles. The Kier molecular flexibility index (Phi) is 14.9. The second-order valence-electron chi connectivity index (χ2n) is 13.9. The van der Waals surface area contributed by atoms with E-state index < -0.39 is 0 Å². The van der Waals surface area contributed by atoms with Crippen LogP contribution in [0.1, 0.15) is 22.8 Å². The molecule has 7 aromatic heterocycles. The fourth-order valence-electron chi connectivity index (χ4n) is 7.41. The minimum Gasteiger partial charge on any atom is -1.00 e. The second kappa shape index (κ2) is 18.1. The first-order chi connectivity index (χ1) is 25.0. The van der Waals surface area contributed by atoms with Gasteiger partial charge in [0.15, 0.2) is 28.2 Å². The van der Waals surface area contributed by atoms with Crippen LogP contribution in [0.15, 0.2) is 73.8 Å². The first-order valence-corrected chi connectivity index (χ1v) is 17.3. The quantitative estimate of drug-likeness (QED) is 0.136. The summed E-state index contributed by atoms with van der Waals surface area (Å²) >= 11 is 0. The van der Waals surface area contributed by atoms with Crippen LogP contribution in [-0.4, -0.2) is 38.7 Å². The number of hydrogen-bond donors (Lipinski definition) is 2. The zero-order valence-electron chi connectivity index (χ0n) is 33.0. The Hall–Kier alpha value is -4.59. The third kappa shape index (κ3) is 8.05. The van der Waals surface area contributed by atoms with Crippen molar-refractivity contribution >= 4 is 46.4 Å². The normalized spacial score (nSPS) is 11.2. The van der Waals surface area contributed by atoms with Crippen LogP contribution in [0, 0.1) is 0 Å². The van der Waals surface area contributed by atoms with Gasteiger partial charge in [-0.3, -0.25) is 0 Å². The summed E-state index contributed by atoms with van der Waals surface area (Å²) in [5.74, 6) is 0. The van der Waals surface area contributed by atoms with Crippen molar-refractivity contribution in [3.63, 3.8) is 0 Å². The van der Waals surface area contributed by atoms with Gasteiger partial charge in [-0.15, -0.1) is 18.7 Å². The number of aryl methyl sites for hydroxylation is 8. The van der Waals surface area contributed by atoms with Gasteiger partial charge in [-0.1, -0.05) is 0 Å². The van der Waals surface area contributed by atoms with Crippen molar-refractivity contribution in [2.45, 2.75) is 0 Å². The van der Waals surface area contributed by atoms with Gasteiger partial charge in [0.1, 0.15) is 0 Å². The number of H-pyrrole nitrogens is 2. The van der Waals surface area contributed by atoms with E-state index in [9.17, 15) is 0 Å². The Labute approximate surface area is 378 Å². The van der Waals surface area contributed by atoms with Crippen LogP contribution in [0.25, 0.3) is 90.9 Å². The molecule has 0 fully saturated rings. The maximum absolute atomic E-state index is 5.41. The average molecular weight is 923 g/mol. The topological polar surface area (TPSA) is 92.6 Å². The predicted octanol–water partition coefficient (Wildman–Crippen LogP) is -11.0. The van der Waals surface area contributed by atoms with E-state index in [2.05, 4.69) is 146 Å². The van der Waals surface area contributed by atoms with E-state index in [1.165, 1.54) is 0 Å². The van der Waals surface area contributed by atoms with Gasteiger partial charge in [-0.25, -0.2) is 9.97 Å². The molecule has 18 heteroatoms. The summed E-state index contributed by atoms with van der Waals surface area (Å²) in [7, 11) is 16.4. The Balaban J connectivity index is 0.00000150. The molecular formula is C40H42Cl5MnN12-. The largest absolute Gasteiger partial charge is 1.00 e. The molecule has 0 saturated heterocycles. The molecule has 1 radical (unpaired) electrons. The van der Waals surface area contributed by atoms with E-state index in [0.29, 0.717) is 0 Å². The van der Waals surface area contributed by atoms with E-state index in [1.54, 1.807) is 0 Å². The van der Waals surface area contributed by atoms with Gasteiger partial charge in [0.05, 0.1) is 98.0 Å². The monoisotopic (exact) mass is 920 g/mol. The third-order valence-corrected chi connectivity index (χ3v) is 10.5. The molecule has 8 bridgehead atoms. The molecule has 58 heavy (non-hydrogen) atoms. The molecule has 7 aromatic rings. The van der Waals surface area contributed by atoms with Crippen LogP contribution < -0.4 is 80.8 Å². The maximum Gasteiger partial charge on any atom is 0.203 e. The van der Waals surface area contributed by atoms with Gasteiger partial charge >= 0.3 is 0 Å². The minimum absolute atomic E-state index is 0. The zero-order valence-corrected chi connectivity index (χ0v) is 37.9. The number of aromatic nitrogens is 12. The SMILES string of the molecule is Cn1cc(-c2c3nc(c(-c4cn(C)[n+](C)c4)c4ccc([nH]4)c(-c4cn(C)[n+](C)c4)c4nc(c(-c5cn(C)[n+](C)c5)c5ccc2[nH]5)C=C4)C=C3)c[n+]1C.[Cl-].[Cl-].[Cl-].[Cl-].[Cl-].[Mn]. The molecule has 9 heterocycles. The summed E-state index contributed by atoms with van der Waals surface area (Å²) in [6.45, 7) is 0. The number of nitrogens with one attached hydrogen (secondary N) is 2. The molecule has 2 aliphatic rings. The number of aromatic amines is 2. The predicted molar refractivity (Wildman–Crippen MR) is 201 cm³/mol. The van der Waals surface area contributed by atoms with Gasteiger partial charge in [0.25, 0.3) is 0 Å². The van der Waals surface area contributed by atoms with E-state index in [4.69, 9.17) is 9.97 Å². The molecule has 0 saturated carbocycles. The van der Waals surface area contributed by atoms with Gasteiger partial charge in [-0.2, -0.15) is 18.7 Å². The third-order valence-electron chi connectivity index (χ3n) is 10.5. The smallest absolute Gasteiger partial charge is 0.203 e. The molecular weight excluding hydrogens is 881 g/mol. The molecule has 2 N–H and O–H groups in total. The summed E-state index contributed by atoms with van der Waals surface area (Å²) in [6, 6.07) is 8.66. The Morgan fingerprint density at radius 2 is 0.603 bits per heavy atom. The van der Waals surface area contributed by atoms with Crippen LogP contribution in [0.4, 0.5) is 0 Å². The Bertz CT molecular complexity index is 2420. The van der Waals surface area contributed by atoms with Crippen LogP contribution in [0.5, 0.6) is 0 Å². The van der Waals surface area contributed by atoms with Crippen LogP contribution >= 0.6 is 0 Å². The number of nitrogens with zero attached hydrogens (tertiary/aromatic N) is 10. The molecule has 305 valence electrons. The molecule has 0 atom stereocenters. The molecule has 0 spiro atoms. The first-order valence-electron chi connectivity index (χ1n) is 17.3. The van der Waals surface area contributed by atoms with Crippen molar-refractivity contribution in [3.8, 4) is 44.5 Å². The molecule has 0 aromatic carbocycles.